The molecule has 0 saturated carbocycles. The molecule has 20 heavy (non-hydrogen) atoms. The highest BCUT2D eigenvalue weighted by atomic mass is 16.5. The van der Waals surface area contributed by atoms with E-state index in [1.807, 2.05) is 0 Å². The number of benzene rings is 1. The molecule has 0 heterocycles. The molecular weight excluding hydrogens is 260 g/mol. The van der Waals surface area contributed by atoms with Gasteiger partial charge in [-0.3, -0.25) is 0 Å². The van der Waals surface area contributed by atoms with Crippen molar-refractivity contribution < 1.29 is 19.1 Å². The second-order valence-electron chi connectivity index (χ2n) is 3.60. The van der Waals surface area contributed by atoms with E-state index in [1.54, 1.807) is 37.3 Å². The Bertz CT molecular complexity index is 556. The van der Waals surface area contributed by atoms with Gasteiger partial charge in [0.1, 0.15) is 6.07 Å². The highest BCUT2D eigenvalue weighted by Gasteiger charge is 2.08. The third-order valence-corrected chi connectivity index (χ3v) is 2.30. The Morgan fingerprint density at radius 3 is 2.50 bits per heavy atom. The van der Waals surface area contributed by atoms with Crippen molar-refractivity contribution in [2.45, 2.75) is 6.92 Å². The molecule has 0 unspecified atom stereocenters. The Balaban J connectivity index is 2.76. The summed E-state index contributed by atoms with van der Waals surface area (Å²) < 4.78 is 9.29. The predicted octanol–water partition coefficient (Wildman–Crippen LogP) is 1.86. The second kappa shape index (κ2) is 7.59. The lowest BCUT2D eigenvalue weighted by atomic mass is 10.2. The van der Waals surface area contributed by atoms with Crippen LogP contribution in [0.1, 0.15) is 17.3 Å². The fraction of sp³-hybridized carbons (Fsp3) is 0.214. The number of nitrogens with zero attached hydrogens (tertiary/aromatic N) is 1. The summed E-state index contributed by atoms with van der Waals surface area (Å²) in [5.41, 5.74) is 0.895. The molecule has 0 aromatic heterocycles. The molecule has 6 nitrogen and oxygen atoms in total. The lowest BCUT2D eigenvalue weighted by Gasteiger charge is -2.04. The van der Waals surface area contributed by atoms with Gasteiger partial charge >= 0.3 is 11.9 Å². The van der Waals surface area contributed by atoms with Gasteiger partial charge < -0.3 is 14.8 Å². The van der Waals surface area contributed by atoms with E-state index in [0.717, 1.165) is 0 Å². The Morgan fingerprint density at radius 1 is 1.35 bits per heavy atom. The average Bonchev–Trinajstić information content (AvgIpc) is 2.48. The Hall–Kier alpha value is -2.81. The molecule has 1 N–H and O–H groups in total. The summed E-state index contributed by atoms with van der Waals surface area (Å²) in [4.78, 5) is 22.6. The van der Waals surface area contributed by atoms with E-state index in [2.05, 4.69) is 10.1 Å². The number of ether oxygens (including phenoxy) is 2. The monoisotopic (exact) mass is 274 g/mol. The quantitative estimate of drug-likeness (QED) is 0.501. The summed E-state index contributed by atoms with van der Waals surface area (Å²) in [5.74, 6) is -1.12. The van der Waals surface area contributed by atoms with Crippen molar-refractivity contribution in [2.24, 2.45) is 0 Å². The largest absolute Gasteiger partial charge is 0.465 e. The molecule has 0 aliphatic carbocycles. The number of hydrogen-bond acceptors (Lipinski definition) is 6. The van der Waals surface area contributed by atoms with Crippen LogP contribution >= 0.6 is 0 Å². The smallest absolute Gasteiger partial charge is 0.350 e. The first-order valence-corrected chi connectivity index (χ1v) is 5.84. The van der Waals surface area contributed by atoms with Crippen molar-refractivity contribution in [2.75, 3.05) is 19.0 Å². The SMILES string of the molecule is CCOC(=O)c1ccc(N/C=C(/C#N)C(=O)OC)cc1. The zero-order chi connectivity index (χ0) is 15.0. The number of anilines is 1. The van der Waals surface area contributed by atoms with Gasteiger partial charge in [0.25, 0.3) is 0 Å². The van der Waals surface area contributed by atoms with Crippen molar-refractivity contribution >= 4 is 17.6 Å². The van der Waals surface area contributed by atoms with Crippen molar-refractivity contribution in [1.82, 2.24) is 0 Å². The third kappa shape index (κ3) is 4.14. The molecular formula is C14H14N2O4. The van der Waals surface area contributed by atoms with Gasteiger partial charge in [-0.05, 0) is 31.2 Å². The summed E-state index contributed by atoms with van der Waals surface area (Å²) in [6, 6.07) is 8.15. The number of carbonyl (C=O) groups is 2. The standard InChI is InChI=1S/C14H14N2O4/c1-3-20-14(18)10-4-6-12(7-5-10)16-9-11(8-15)13(17)19-2/h4-7,9,16H,3H2,1-2H3/b11-9-. The van der Waals surface area contributed by atoms with Crippen molar-refractivity contribution in [3.63, 3.8) is 0 Å². The molecule has 0 saturated heterocycles. The number of methoxy groups -OCH3 is 1. The number of esters is 2. The summed E-state index contributed by atoms with van der Waals surface area (Å²) in [7, 11) is 1.20. The topological polar surface area (TPSA) is 88.4 Å². The van der Waals surface area contributed by atoms with Gasteiger partial charge in [0.05, 0.1) is 19.3 Å². The first kappa shape index (κ1) is 15.2. The van der Waals surface area contributed by atoms with Crippen LogP contribution in [0.2, 0.25) is 0 Å². The third-order valence-electron chi connectivity index (χ3n) is 2.30. The lowest BCUT2D eigenvalue weighted by molar-refractivity contribution is -0.135. The highest BCUT2D eigenvalue weighted by molar-refractivity contribution is 5.93. The van der Waals surface area contributed by atoms with Crippen LogP contribution in [0.25, 0.3) is 0 Å². The van der Waals surface area contributed by atoms with E-state index in [0.29, 0.717) is 17.9 Å². The summed E-state index contributed by atoms with van der Waals surface area (Å²) >= 11 is 0. The van der Waals surface area contributed by atoms with E-state index >= 15 is 0 Å². The molecule has 104 valence electrons. The average molecular weight is 274 g/mol. The van der Waals surface area contributed by atoms with Gasteiger partial charge in [0.15, 0.2) is 5.57 Å². The van der Waals surface area contributed by atoms with Crippen LogP contribution in [0.4, 0.5) is 5.69 Å². The molecule has 0 radical (unpaired) electrons. The van der Waals surface area contributed by atoms with Crippen LogP contribution < -0.4 is 5.32 Å². The number of hydrogen-bond donors (Lipinski definition) is 1. The first-order valence-electron chi connectivity index (χ1n) is 5.84. The van der Waals surface area contributed by atoms with E-state index in [1.165, 1.54) is 13.3 Å². The molecule has 0 amide bonds. The molecule has 0 spiro atoms. The Labute approximate surface area is 116 Å². The minimum atomic E-state index is -0.719. The Kier molecular flexibility index (Phi) is 5.78. The van der Waals surface area contributed by atoms with Crippen molar-refractivity contribution in [1.29, 1.82) is 5.26 Å². The van der Waals surface area contributed by atoms with E-state index < -0.39 is 11.9 Å². The van der Waals surface area contributed by atoms with Gasteiger partial charge in [-0.1, -0.05) is 0 Å². The maximum atomic E-state index is 11.4. The fourth-order valence-electron chi connectivity index (χ4n) is 1.32. The number of nitriles is 1. The van der Waals surface area contributed by atoms with Crippen LogP contribution in [-0.2, 0) is 14.3 Å². The number of rotatable bonds is 5. The van der Waals surface area contributed by atoms with Crippen LogP contribution in [0, 0.1) is 11.3 Å². The molecule has 1 aromatic rings. The van der Waals surface area contributed by atoms with Crippen LogP contribution in [0.3, 0.4) is 0 Å². The van der Waals surface area contributed by atoms with E-state index in [-0.39, 0.29) is 5.57 Å². The normalized spacial score (nSPS) is 10.3. The second-order valence-corrected chi connectivity index (χ2v) is 3.60. The summed E-state index contributed by atoms with van der Waals surface area (Å²) in [5, 5.41) is 11.5. The minimum Gasteiger partial charge on any atom is -0.465 e. The zero-order valence-electron chi connectivity index (χ0n) is 11.2. The fourth-order valence-corrected chi connectivity index (χ4v) is 1.32. The van der Waals surface area contributed by atoms with Gasteiger partial charge in [-0.15, -0.1) is 0 Å². The molecule has 6 heteroatoms. The maximum absolute atomic E-state index is 11.4. The van der Waals surface area contributed by atoms with Gasteiger partial charge in [0, 0.05) is 11.9 Å². The number of nitrogens with one attached hydrogen (secondary N) is 1. The molecule has 1 rings (SSSR count). The predicted molar refractivity (Wildman–Crippen MR) is 71.7 cm³/mol. The molecule has 0 bridgehead atoms. The molecule has 0 aliphatic rings. The van der Waals surface area contributed by atoms with Crippen LogP contribution in [-0.4, -0.2) is 25.7 Å². The molecule has 1 aromatic carbocycles. The molecule has 0 aliphatic heterocycles. The summed E-state index contributed by atoms with van der Waals surface area (Å²) in [6.45, 7) is 2.04. The van der Waals surface area contributed by atoms with Crippen LogP contribution in [0.5, 0.6) is 0 Å². The number of carbonyl (C=O) groups excluding carboxylic acids is 2. The lowest BCUT2D eigenvalue weighted by Crippen LogP contribution is -2.06. The Morgan fingerprint density at radius 2 is 2.00 bits per heavy atom. The summed E-state index contributed by atoms with van der Waals surface area (Å²) in [6.07, 6.45) is 1.24. The van der Waals surface area contributed by atoms with E-state index in [9.17, 15) is 9.59 Å². The minimum absolute atomic E-state index is 0.151. The highest BCUT2D eigenvalue weighted by Crippen LogP contribution is 2.11. The molecule has 0 atom stereocenters. The van der Waals surface area contributed by atoms with Crippen molar-refractivity contribution in [3.8, 4) is 6.07 Å². The van der Waals surface area contributed by atoms with Gasteiger partial charge in [-0.2, -0.15) is 5.26 Å². The van der Waals surface area contributed by atoms with Crippen LogP contribution in [0.15, 0.2) is 36.0 Å². The van der Waals surface area contributed by atoms with Gasteiger partial charge in [0.2, 0.25) is 0 Å². The maximum Gasteiger partial charge on any atom is 0.350 e. The van der Waals surface area contributed by atoms with E-state index in [4.69, 9.17) is 10.00 Å². The van der Waals surface area contributed by atoms with Gasteiger partial charge in [-0.25, -0.2) is 9.59 Å². The first-order chi connectivity index (χ1) is 9.62. The molecule has 0 fully saturated rings. The van der Waals surface area contributed by atoms with Crippen molar-refractivity contribution in [3.05, 3.63) is 41.6 Å². The zero-order valence-corrected chi connectivity index (χ0v) is 11.2.